The lowest BCUT2D eigenvalue weighted by molar-refractivity contribution is -0.141. The highest BCUT2D eigenvalue weighted by atomic mass is 16.5. The van der Waals surface area contributed by atoms with Crippen LogP contribution in [0.2, 0.25) is 0 Å². The predicted octanol–water partition coefficient (Wildman–Crippen LogP) is 1.68. The standard InChI is InChI=1S/C15H20N2O5/c1-21-8-10-7-11(16-22-10)14(18)17-12-5-3-2-4-9(12)6-13(17)15(19)20/h7,9,12-13H,2-6,8H2,1H3,(H,19,20). The van der Waals surface area contributed by atoms with Crippen molar-refractivity contribution < 1.29 is 24.0 Å². The minimum Gasteiger partial charge on any atom is -0.480 e. The normalized spacial score (nSPS) is 27.7. The molecule has 1 aliphatic carbocycles. The molecule has 0 spiro atoms. The van der Waals surface area contributed by atoms with Gasteiger partial charge in [0.15, 0.2) is 11.5 Å². The number of carboxylic acid groups (broad SMARTS) is 1. The Hall–Kier alpha value is -1.89. The number of nitrogens with zero attached hydrogens (tertiary/aromatic N) is 2. The van der Waals surface area contributed by atoms with E-state index in [0.29, 0.717) is 12.2 Å². The van der Waals surface area contributed by atoms with E-state index in [1.165, 1.54) is 18.1 Å². The lowest BCUT2D eigenvalue weighted by Gasteiger charge is -2.32. The van der Waals surface area contributed by atoms with Crippen LogP contribution >= 0.6 is 0 Å². The van der Waals surface area contributed by atoms with Crippen molar-refractivity contribution in [1.29, 1.82) is 0 Å². The summed E-state index contributed by atoms with van der Waals surface area (Å²) in [6.45, 7) is 0.231. The Bertz CT molecular complexity index is 570. The average molecular weight is 308 g/mol. The van der Waals surface area contributed by atoms with Crippen molar-refractivity contribution in [1.82, 2.24) is 10.1 Å². The molecule has 7 nitrogen and oxygen atoms in total. The zero-order valence-corrected chi connectivity index (χ0v) is 12.5. The molecule has 3 atom stereocenters. The van der Waals surface area contributed by atoms with E-state index >= 15 is 0 Å². The lowest BCUT2D eigenvalue weighted by atomic mass is 9.84. The van der Waals surface area contributed by atoms with Gasteiger partial charge in [0.2, 0.25) is 0 Å². The van der Waals surface area contributed by atoms with Gasteiger partial charge in [-0.3, -0.25) is 4.79 Å². The van der Waals surface area contributed by atoms with Crippen LogP contribution in [-0.4, -0.2) is 46.2 Å². The Morgan fingerprint density at radius 2 is 2.23 bits per heavy atom. The number of rotatable bonds is 4. The first kappa shape index (κ1) is 15.0. The minimum absolute atomic E-state index is 0.00456. The Morgan fingerprint density at radius 3 is 2.95 bits per heavy atom. The molecule has 0 radical (unpaired) electrons. The Morgan fingerprint density at radius 1 is 1.45 bits per heavy atom. The molecule has 1 aliphatic heterocycles. The van der Waals surface area contributed by atoms with Crippen molar-refractivity contribution >= 4 is 11.9 Å². The third kappa shape index (κ3) is 2.61. The molecule has 0 aromatic carbocycles. The van der Waals surface area contributed by atoms with Crippen LogP contribution in [-0.2, 0) is 16.1 Å². The summed E-state index contributed by atoms with van der Waals surface area (Å²) in [6.07, 6.45) is 4.53. The number of ether oxygens (including phenoxy) is 1. The van der Waals surface area contributed by atoms with Crippen molar-refractivity contribution in [2.45, 2.75) is 50.8 Å². The smallest absolute Gasteiger partial charge is 0.326 e. The van der Waals surface area contributed by atoms with Crippen LogP contribution in [0.15, 0.2) is 10.6 Å². The number of carboxylic acids is 1. The second-order valence-electron chi connectivity index (χ2n) is 6.03. The molecule has 2 heterocycles. The van der Waals surface area contributed by atoms with E-state index in [4.69, 9.17) is 9.26 Å². The molecule has 3 unspecified atom stereocenters. The van der Waals surface area contributed by atoms with Crippen molar-refractivity contribution in [3.05, 3.63) is 17.5 Å². The fourth-order valence-electron chi connectivity index (χ4n) is 3.73. The van der Waals surface area contributed by atoms with E-state index in [1.807, 2.05) is 0 Å². The van der Waals surface area contributed by atoms with Gasteiger partial charge in [0.1, 0.15) is 12.6 Å². The molecule has 1 N–H and O–H groups in total. The monoisotopic (exact) mass is 308 g/mol. The van der Waals surface area contributed by atoms with Gasteiger partial charge in [-0.05, 0) is 25.2 Å². The number of amides is 1. The molecule has 1 amide bonds. The Kier molecular flexibility index (Phi) is 4.15. The largest absolute Gasteiger partial charge is 0.480 e. The van der Waals surface area contributed by atoms with Crippen LogP contribution in [0.1, 0.15) is 48.4 Å². The van der Waals surface area contributed by atoms with Crippen LogP contribution in [0.5, 0.6) is 0 Å². The molecule has 1 saturated heterocycles. The average Bonchev–Trinajstić information content (AvgIpc) is 3.11. The summed E-state index contributed by atoms with van der Waals surface area (Å²) < 4.78 is 9.99. The first-order chi connectivity index (χ1) is 10.6. The van der Waals surface area contributed by atoms with Gasteiger partial charge in [0.05, 0.1) is 0 Å². The van der Waals surface area contributed by atoms with Crippen molar-refractivity contribution in [3.63, 3.8) is 0 Å². The molecule has 1 aromatic heterocycles. The highest BCUT2D eigenvalue weighted by molar-refractivity contribution is 5.95. The quantitative estimate of drug-likeness (QED) is 0.909. The Labute approximate surface area is 128 Å². The highest BCUT2D eigenvalue weighted by Gasteiger charge is 2.48. The molecule has 7 heteroatoms. The van der Waals surface area contributed by atoms with Gasteiger partial charge in [-0.25, -0.2) is 4.79 Å². The molecule has 1 aromatic rings. The third-order valence-corrected chi connectivity index (χ3v) is 4.67. The van der Waals surface area contributed by atoms with Gasteiger partial charge in [0.25, 0.3) is 5.91 Å². The maximum absolute atomic E-state index is 12.7. The number of carbonyl (C=O) groups is 2. The van der Waals surface area contributed by atoms with E-state index in [9.17, 15) is 14.7 Å². The van der Waals surface area contributed by atoms with Gasteiger partial charge in [-0.1, -0.05) is 18.0 Å². The first-order valence-electron chi connectivity index (χ1n) is 7.61. The number of carbonyl (C=O) groups excluding carboxylic acids is 1. The molecule has 2 aliphatic rings. The van der Waals surface area contributed by atoms with Gasteiger partial charge < -0.3 is 19.3 Å². The summed E-state index contributed by atoms with van der Waals surface area (Å²) >= 11 is 0. The van der Waals surface area contributed by atoms with Crippen molar-refractivity contribution in [3.8, 4) is 0 Å². The topological polar surface area (TPSA) is 92.9 Å². The number of methoxy groups -OCH3 is 1. The first-order valence-corrected chi connectivity index (χ1v) is 7.61. The maximum Gasteiger partial charge on any atom is 0.326 e. The second-order valence-corrected chi connectivity index (χ2v) is 6.03. The fourth-order valence-corrected chi connectivity index (χ4v) is 3.73. The van der Waals surface area contributed by atoms with E-state index in [1.54, 1.807) is 0 Å². The number of hydrogen-bond donors (Lipinski definition) is 1. The predicted molar refractivity (Wildman–Crippen MR) is 75.2 cm³/mol. The summed E-state index contributed by atoms with van der Waals surface area (Å²) in [7, 11) is 1.53. The van der Waals surface area contributed by atoms with Gasteiger partial charge in [-0.15, -0.1) is 0 Å². The number of likely N-dealkylation sites (tertiary alicyclic amines) is 1. The summed E-state index contributed by atoms with van der Waals surface area (Å²) in [5.41, 5.74) is 0.157. The van der Waals surface area contributed by atoms with E-state index in [0.717, 1.165) is 25.7 Å². The van der Waals surface area contributed by atoms with Crippen LogP contribution in [0.25, 0.3) is 0 Å². The summed E-state index contributed by atoms with van der Waals surface area (Å²) in [6, 6.07) is 0.772. The number of hydrogen-bond acceptors (Lipinski definition) is 5. The molecule has 3 rings (SSSR count). The fraction of sp³-hybridized carbons (Fsp3) is 0.667. The van der Waals surface area contributed by atoms with Crippen molar-refractivity contribution in [2.75, 3.05) is 7.11 Å². The van der Waals surface area contributed by atoms with Crippen LogP contribution in [0.3, 0.4) is 0 Å². The number of aromatic nitrogens is 1. The molecule has 2 fully saturated rings. The third-order valence-electron chi connectivity index (χ3n) is 4.67. The van der Waals surface area contributed by atoms with E-state index in [-0.39, 0.29) is 30.2 Å². The summed E-state index contributed by atoms with van der Waals surface area (Å²) in [5.74, 6) is -0.558. The Balaban J connectivity index is 1.85. The number of aliphatic carboxylic acids is 1. The molecular weight excluding hydrogens is 288 g/mol. The SMILES string of the molecule is COCc1cc(C(=O)N2C(C(=O)O)CC3CCCCC32)no1. The highest BCUT2D eigenvalue weighted by Crippen LogP contribution is 2.40. The van der Waals surface area contributed by atoms with Gasteiger partial charge in [0, 0.05) is 19.2 Å². The van der Waals surface area contributed by atoms with Crippen LogP contribution in [0, 0.1) is 5.92 Å². The molecule has 22 heavy (non-hydrogen) atoms. The maximum atomic E-state index is 12.7. The molecule has 120 valence electrons. The van der Waals surface area contributed by atoms with Gasteiger partial charge >= 0.3 is 5.97 Å². The molecule has 0 bridgehead atoms. The molecule has 1 saturated carbocycles. The van der Waals surface area contributed by atoms with Gasteiger partial charge in [-0.2, -0.15) is 0 Å². The second kappa shape index (κ2) is 6.08. The zero-order chi connectivity index (χ0) is 15.7. The van der Waals surface area contributed by atoms with E-state index in [2.05, 4.69) is 5.16 Å². The van der Waals surface area contributed by atoms with Crippen LogP contribution < -0.4 is 0 Å². The van der Waals surface area contributed by atoms with Crippen molar-refractivity contribution in [2.24, 2.45) is 5.92 Å². The number of fused-ring (bicyclic) bond motifs is 1. The van der Waals surface area contributed by atoms with Crippen LogP contribution in [0.4, 0.5) is 0 Å². The minimum atomic E-state index is -0.941. The lowest BCUT2D eigenvalue weighted by Crippen LogP contribution is -2.46. The van der Waals surface area contributed by atoms with E-state index < -0.39 is 12.0 Å². The summed E-state index contributed by atoms with van der Waals surface area (Å²) in [4.78, 5) is 25.8. The summed E-state index contributed by atoms with van der Waals surface area (Å²) in [5, 5.41) is 13.2. The zero-order valence-electron chi connectivity index (χ0n) is 12.5. The molecular formula is C15H20N2O5.